The molecule has 2 heterocycles. The highest BCUT2D eigenvalue weighted by Crippen LogP contribution is 2.50. The Balaban J connectivity index is 1.59. The lowest BCUT2D eigenvalue weighted by Crippen LogP contribution is -2.54. The van der Waals surface area contributed by atoms with Crippen LogP contribution in [0.25, 0.3) is 0 Å². The zero-order chi connectivity index (χ0) is 16.4. The molecule has 6 nitrogen and oxygen atoms in total. The highest BCUT2D eigenvalue weighted by molar-refractivity contribution is 5.95. The lowest BCUT2D eigenvalue weighted by molar-refractivity contribution is -0.148. The number of likely N-dealkylation sites (tertiary alicyclic amines) is 1. The Kier molecular flexibility index (Phi) is 4.35. The van der Waals surface area contributed by atoms with Crippen LogP contribution in [0.2, 0.25) is 0 Å². The minimum absolute atomic E-state index is 0.00998. The molecule has 1 unspecified atom stereocenters. The molecule has 124 valence electrons. The van der Waals surface area contributed by atoms with Gasteiger partial charge in [0.25, 0.3) is 5.91 Å². The van der Waals surface area contributed by atoms with Gasteiger partial charge in [-0.3, -0.25) is 14.6 Å². The van der Waals surface area contributed by atoms with Crippen molar-refractivity contribution in [2.75, 3.05) is 19.7 Å². The van der Waals surface area contributed by atoms with Gasteiger partial charge in [0.1, 0.15) is 6.61 Å². The van der Waals surface area contributed by atoms with E-state index in [1.54, 1.807) is 12.3 Å². The summed E-state index contributed by atoms with van der Waals surface area (Å²) in [5.41, 5.74) is 6.72. The number of aryl methyl sites for hydroxylation is 1. The summed E-state index contributed by atoms with van der Waals surface area (Å²) in [5, 5.41) is 0. The zero-order valence-corrected chi connectivity index (χ0v) is 13.5. The van der Waals surface area contributed by atoms with Crippen LogP contribution in [0.1, 0.15) is 41.7 Å². The maximum absolute atomic E-state index is 12.6. The summed E-state index contributed by atoms with van der Waals surface area (Å²) in [5.74, 6) is -0.369. The topological polar surface area (TPSA) is 85.5 Å². The molecule has 1 saturated carbocycles. The molecule has 0 bridgehead atoms. The molecule has 0 radical (unpaired) electrons. The Bertz CT molecular complexity index is 609. The highest BCUT2D eigenvalue weighted by Gasteiger charge is 2.49. The van der Waals surface area contributed by atoms with Crippen molar-refractivity contribution < 1.29 is 14.3 Å². The van der Waals surface area contributed by atoms with Crippen molar-refractivity contribution in [3.63, 3.8) is 0 Å². The second-order valence-electron chi connectivity index (χ2n) is 6.60. The predicted octanol–water partition coefficient (Wildman–Crippen LogP) is 1.28. The fourth-order valence-electron chi connectivity index (χ4n) is 3.72. The van der Waals surface area contributed by atoms with Crippen molar-refractivity contribution >= 4 is 11.8 Å². The monoisotopic (exact) mass is 317 g/mol. The van der Waals surface area contributed by atoms with E-state index in [4.69, 9.17) is 10.5 Å². The van der Waals surface area contributed by atoms with Crippen LogP contribution in [0.4, 0.5) is 0 Å². The van der Waals surface area contributed by atoms with Crippen LogP contribution in [-0.4, -0.2) is 47.5 Å². The van der Waals surface area contributed by atoms with Crippen LogP contribution >= 0.6 is 0 Å². The van der Waals surface area contributed by atoms with Gasteiger partial charge in [0.05, 0.1) is 11.7 Å². The van der Waals surface area contributed by atoms with Gasteiger partial charge in [-0.15, -0.1) is 0 Å². The number of amides is 2. The van der Waals surface area contributed by atoms with Gasteiger partial charge >= 0.3 is 0 Å². The van der Waals surface area contributed by atoms with E-state index in [1.807, 2.05) is 17.9 Å². The van der Waals surface area contributed by atoms with E-state index in [0.29, 0.717) is 5.56 Å². The number of nitrogens with zero attached hydrogens (tertiary/aromatic N) is 2. The summed E-state index contributed by atoms with van der Waals surface area (Å²) < 4.78 is 5.64. The van der Waals surface area contributed by atoms with Gasteiger partial charge in [0, 0.05) is 30.4 Å². The van der Waals surface area contributed by atoms with Crippen molar-refractivity contribution in [1.82, 2.24) is 9.88 Å². The van der Waals surface area contributed by atoms with Crippen LogP contribution in [-0.2, 0) is 9.53 Å². The molecule has 2 fully saturated rings. The van der Waals surface area contributed by atoms with E-state index in [0.717, 1.165) is 44.5 Å². The number of carbonyl (C=O) groups is 2. The first-order chi connectivity index (χ1) is 11.0. The number of piperidine rings is 1. The fraction of sp³-hybridized carbons (Fsp3) is 0.588. The molecule has 2 aliphatic rings. The first-order valence-electron chi connectivity index (χ1n) is 8.13. The quantitative estimate of drug-likeness (QED) is 0.906. The van der Waals surface area contributed by atoms with Crippen LogP contribution in [0.15, 0.2) is 18.3 Å². The van der Waals surface area contributed by atoms with Gasteiger partial charge in [-0.25, -0.2) is 0 Å². The Labute approximate surface area is 136 Å². The highest BCUT2D eigenvalue weighted by atomic mass is 16.5. The van der Waals surface area contributed by atoms with Gasteiger partial charge in [-0.1, -0.05) is 0 Å². The number of nitrogens with two attached hydrogens (primary N) is 1. The van der Waals surface area contributed by atoms with Gasteiger partial charge in [0.15, 0.2) is 0 Å². The van der Waals surface area contributed by atoms with Crippen molar-refractivity contribution in [3.05, 3.63) is 29.6 Å². The number of aromatic nitrogens is 1. The standard InChI is InChI=1S/C17H23N3O3/c1-12-13(3-2-8-19-12)16(22)20-9-6-17(7-10-20)5-4-14(17)23-11-15(18)21/h2-3,8,14H,4-7,9-11H2,1H3,(H2,18,21). The SMILES string of the molecule is Cc1ncccc1C(=O)N1CCC2(CCC2OCC(N)=O)CC1. The molecule has 23 heavy (non-hydrogen) atoms. The smallest absolute Gasteiger partial charge is 0.255 e. The number of rotatable bonds is 4. The Morgan fingerprint density at radius 1 is 1.39 bits per heavy atom. The molecule has 1 aliphatic carbocycles. The maximum Gasteiger partial charge on any atom is 0.255 e. The number of ether oxygens (including phenoxy) is 1. The predicted molar refractivity (Wildman–Crippen MR) is 84.7 cm³/mol. The lowest BCUT2D eigenvalue weighted by atomic mass is 9.60. The number of carbonyl (C=O) groups excluding carboxylic acids is 2. The van der Waals surface area contributed by atoms with Crippen LogP contribution in [0.3, 0.4) is 0 Å². The third-order valence-electron chi connectivity index (χ3n) is 5.30. The van der Waals surface area contributed by atoms with Gasteiger partial charge in [-0.2, -0.15) is 0 Å². The summed E-state index contributed by atoms with van der Waals surface area (Å²) in [6.45, 7) is 3.30. The van der Waals surface area contributed by atoms with E-state index in [9.17, 15) is 9.59 Å². The third kappa shape index (κ3) is 3.08. The van der Waals surface area contributed by atoms with E-state index >= 15 is 0 Å². The Morgan fingerprint density at radius 3 is 2.70 bits per heavy atom. The summed E-state index contributed by atoms with van der Waals surface area (Å²) >= 11 is 0. The second kappa shape index (κ2) is 6.28. The molecule has 1 saturated heterocycles. The molecule has 1 aromatic rings. The first-order valence-corrected chi connectivity index (χ1v) is 8.13. The minimum atomic E-state index is -0.424. The normalized spacial score (nSPS) is 22.7. The van der Waals surface area contributed by atoms with Crippen molar-refractivity contribution in [2.45, 2.75) is 38.7 Å². The van der Waals surface area contributed by atoms with E-state index in [1.165, 1.54) is 0 Å². The minimum Gasteiger partial charge on any atom is -0.368 e. The Hall–Kier alpha value is -1.95. The average molecular weight is 317 g/mol. The summed E-state index contributed by atoms with van der Waals surface area (Å²) in [4.78, 5) is 29.6. The number of hydrogen-bond acceptors (Lipinski definition) is 4. The Morgan fingerprint density at radius 2 is 2.13 bits per heavy atom. The van der Waals surface area contributed by atoms with Gasteiger partial charge < -0.3 is 15.4 Å². The summed E-state index contributed by atoms with van der Waals surface area (Å²) in [6, 6.07) is 3.63. The van der Waals surface area contributed by atoms with Crippen LogP contribution < -0.4 is 5.73 Å². The van der Waals surface area contributed by atoms with Gasteiger partial charge in [0.2, 0.25) is 5.91 Å². The van der Waals surface area contributed by atoms with E-state index in [-0.39, 0.29) is 24.0 Å². The van der Waals surface area contributed by atoms with Crippen molar-refractivity contribution in [2.24, 2.45) is 11.1 Å². The molecule has 0 aromatic carbocycles. The number of pyridine rings is 1. The molecule has 6 heteroatoms. The average Bonchev–Trinajstić information content (AvgIpc) is 2.53. The van der Waals surface area contributed by atoms with Crippen molar-refractivity contribution in [3.8, 4) is 0 Å². The van der Waals surface area contributed by atoms with E-state index < -0.39 is 5.91 Å². The molecule has 2 amide bonds. The lowest BCUT2D eigenvalue weighted by Gasteiger charge is -2.53. The van der Waals surface area contributed by atoms with Gasteiger partial charge in [-0.05, 0) is 44.7 Å². The zero-order valence-electron chi connectivity index (χ0n) is 13.5. The second-order valence-corrected chi connectivity index (χ2v) is 6.60. The molecular weight excluding hydrogens is 294 g/mol. The largest absolute Gasteiger partial charge is 0.368 e. The summed E-state index contributed by atoms with van der Waals surface area (Å²) in [7, 11) is 0. The maximum atomic E-state index is 12.6. The molecule has 2 N–H and O–H groups in total. The number of hydrogen-bond donors (Lipinski definition) is 1. The molecule has 3 rings (SSSR count). The first kappa shape index (κ1) is 15.9. The molecule has 1 aliphatic heterocycles. The molecule has 1 atom stereocenters. The summed E-state index contributed by atoms with van der Waals surface area (Å²) in [6.07, 6.45) is 5.72. The van der Waals surface area contributed by atoms with Crippen LogP contribution in [0, 0.1) is 12.3 Å². The molecule has 1 aromatic heterocycles. The van der Waals surface area contributed by atoms with Crippen molar-refractivity contribution in [1.29, 1.82) is 0 Å². The third-order valence-corrected chi connectivity index (χ3v) is 5.30. The van der Waals surface area contributed by atoms with E-state index in [2.05, 4.69) is 4.98 Å². The van der Waals surface area contributed by atoms with Crippen LogP contribution in [0.5, 0.6) is 0 Å². The molecule has 1 spiro atoms. The fourth-order valence-corrected chi connectivity index (χ4v) is 3.72. The molecular formula is C17H23N3O3. The number of primary amides is 1.